The number of carbonyl (C=O) groups excluding carboxylic acids is 1. The second kappa shape index (κ2) is 12.0. The first-order valence-electron chi connectivity index (χ1n) is 13.1. The van der Waals surface area contributed by atoms with E-state index in [1.165, 1.54) is 6.20 Å². The summed E-state index contributed by atoms with van der Waals surface area (Å²) in [4.78, 5) is 21.0. The summed E-state index contributed by atoms with van der Waals surface area (Å²) in [5.74, 6) is 1.26. The first-order chi connectivity index (χ1) is 19.0. The van der Waals surface area contributed by atoms with E-state index in [4.69, 9.17) is 15.2 Å². The Kier molecular flexibility index (Phi) is 8.05. The summed E-state index contributed by atoms with van der Waals surface area (Å²) in [6.45, 7) is 4.36. The van der Waals surface area contributed by atoms with E-state index in [9.17, 15) is 9.90 Å². The van der Waals surface area contributed by atoms with E-state index in [1.807, 2.05) is 54.6 Å². The molecule has 2 heterocycles. The number of benzene rings is 3. The van der Waals surface area contributed by atoms with Crippen LogP contribution in [0, 0.1) is 0 Å². The molecule has 0 saturated carbocycles. The lowest BCUT2D eigenvalue weighted by Crippen LogP contribution is -2.35. The zero-order chi connectivity index (χ0) is 27.2. The molecule has 4 N–H and O–H groups in total. The topological polar surface area (TPSA) is 114 Å². The van der Waals surface area contributed by atoms with E-state index in [2.05, 4.69) is 33.9 Å². The minimum absolute atomic E-state index is 0.202. The second-order valence-corrected chi connectivity index (χ2v) is 9.54. The molecule has 0 spiro atoms. The van der Waals surface area contributed by atoms with Gasteiger partial charge in [-0.2, -0.15) is 0 Å². The third-order valence-corrected chi connectivity index (χ3v) is 6.50. The van der Waals surface area contributed by atoms with Crippen LogP contribution >= 0.6 is 0 Å². The molecule has 1 amide bonds. The molecule has 0 saturated heterocycles. The number of amides is 1. The molecule has 0 aliphatic carbocycles. The Morgan fingerprint density at radius 1 is 1.03 bits per heavy atom. The minimum atomic E-state index is -0.644. The Labute approximate surface area is 227 Å². The molecule has 3 aromatic carbocycles. The molecule has 8 heteroatoms. The van der Waals surface area contributed by atoms with Crippen molar-refractivity contribution in [2.24, 2.45) is 5.73 Å². The van der Waals surface area contributed by atoms with Crippen LogP contribution in [0.5, 0.6) is 17.4 Å². The van der Waals surface area contributed by atoms with Crippen LogP contribution in [0.25, 0.3) is 21.8 Å². The zero-order valence-corrected chi connectivity index (χ0v) is 21.8. The normalized spacial score (nSPS) is 12.2. The maximum absolute atomic E-state index is 11.2. The van der Waals surface area contributed by atoms with Gasteiger partial charge in [-0.25, -0.2) is 4.98 Å². The fourth-order valence-corrected chi connectivity index (χ4v) is 4.70. The van der Waals surface area contributed by atoms with E-state index in [-0.39, 0.29) is 6.61 Å². The van der Waals surface area contributed by atoms with Gasteiger partial charge in [-0.05, 0) is 54.9 Å². The lowest BCUT2D eigenvalue weighted by atomic mass is 10.1. The fraction of sp³-hybridized carbons (Fsp3) is 0.226. The number of nitrogens with zero attached hydrogens (tertiary/aromatic N) is 2. The van der Waals surface area contributed by atoms with Crippen molar-refractivity contribution in [1.82, 2.24) is 14.9 Å². The number of ether oxygens (including phenoxy) is 2. The number of para-hydroxylation sites is 1. The summed E-state index contributed by atoms with van der Waals surface area (Å²) < 4.78 is 11.9. The fourth-order valence-electron chi connectivity index (χ4n) is 4.70. The van der Waals surface area contributed by atoms with Crippen molar-refractivity contribution in [3.63, 3.8) is 0 Å². The average Bonchev–Trinajstić information content (AvgIpc) is 3.33. The number of hydrogen-bond donors (Lipinski definition) is 3. The van der Waals surface area contributed by atoms with Crippen LogP contribution in [-0.2, 0) is 6.54 Å². The van der Waals surface area contributed by atoms with Crippen LogP contribution in [-0.4, -0.2) is 51.7 Å². The van der Waals surface area contributed by atoms with Gasteiger partial charge < -0.3 is 25.3 Å². The summed E-state index contributed by atoms with van der Waals surface area (Å²) in [6.07, 6.45) is 1.72. The van der Waals surface area contributed by atoms with Gasteiger partial charge in [-0.15, -0.1) is 0 Å². The summed E-state index contributed by atoms with van der Waals surface area (Å²) in [5.41, 5.74) is 8.76. The monoisotopic (exact) mass is 524 g/mol. The van der Waals surface area contributed by atoms with Gasteiger partial charge in [0, 0.05) is 41.6 Å². The van der Waals surface area contributed by atoms with Gasteiger partial charge in [0.2, 0.25) is 11.8 Å². The van der Waals surface area contributed by atoms with Crippen molar-refractivity contribution < 1.29 is 19.4 Å². The number of aromatic amines is 1. The molecule has 0 unspecified atom stereocenters. The molecule has 2 aromatic heterocycles. The number of H-pyrrole nitrogens is 1. The van der Waals surface area contributed by atoms with E-state index < -0.39 is 12.0 Å². The molecule has 8 nitrogen and oxygen atoms in total. The maximum Gasteiger partial charge on any atom is 0.250 e. The number of aliphatic hydroxyl groups excluding tert-OH is 1. The van der Waals surface area contributed by atoms with Gasteiger partial charge in [-0.1, -0.05) is 43.3 Å². The van der Waals surface area contributed by atoms with Gasteiger partial charge in [0.15, 0.2) is 0 Å². The predicted molar refractivity (Wildman–Crippen MR) is 152 cm³/mol. The Bertz CT molecular complexity index is 1550. The van der Waals surface area contributed by atoms with Gasteiger partial charge in [0.05, 0.1) is 11.1 Å². The van der Waals surface area contributed by atoms with Gasteiger partial charge in [-0.3, -0.25) is 9.69 Å². The highest BCUT2D eigenvalue weighted by Crippen LogP contribution is 2.33. The third kappa shape index (κ3) is 6.37. The largest absolute Gasteiger partial charge is 0.490 e. The number of nitrogens with one attached hydrogen (secondary N) is 1. The van der Waals surface area contributed by atoms with Crippen LogP contribution < -0.4 is 15.2 Å². The number of fused-ring (bicyclic) bond motifs is 3. The summed E-state index contributed by atoms with van der Waals surface area (Å²) in [5, 5.41) is 13.0. The summed E-state index contributed by atoms with van der Waals surface area (Å²) in [7, 11) is 0. The van der Waals surface area contributed by atoms with Crippen LogP contribution in [0.15, 0.2) is 85.1 Å². The number of hydrogen-bond acceptors (Lipinski definition) is 6. The number of aromatic nitrogens is 2. The molecule has 0 aliphatic rings. The van der Waals surface area contributed by atoms with Gasteiger partial charge in [0.1, 0.15) is 24.2 Å². The molecule has 200 valence electrons. The number of aliphatic hydroxyl groups is 1. The molecule has 0 bridgehead atoms. The number of nitrogens with two attached hydrogens (primary N) is 1. The molecular formula is C31H32N4O4. The lowest BCUT2D eigenvalue weighted by Gasteiger charge is -2.25. The Morgan fingerprint density at radius 2 is 1.82 bits per heavy atom. The SMILES string of the molecule is CCCN(Cc1ccc(Oc2ccc(C(N)=O)cn2)cc1)C[C@H](O)COc1cccc2[nH]c3ccccc3c12. The zero-order valence-electron chi connectivity index (χ0n) is 21.8. The molecule has 0 fully saturated rings. The highest BCUT2D eigenvalue weighted by atomic mass is 16.5. The number of primary amides is 1. The van der Waals surface area contributed by atoms with E-state index in [0.29, 0.717) is 30.3 Å². The van der Waals surface area contributed by atoms with Gasteiger partial charge >= 0.3 is 0 Å². The van der Waals surface area contributed by atoms with Crippen molar-refractivity contribution in [1.29, 1.82) is 0 Å². The van der Waals surface area contributed by atoms with E-state index in [0.717, 1.165) is 46.1 Å². The van der Waals surface area contributed by atoms with Crippen molar-refractivity contribution in [3.05, 3.63) is 96.2 Å². The molecule has 1 atom stereocenters. The van der Waals surface area contributed by atoms with Crippen LogP contribution in [0.2, 0.25) is 0 Å². The smallest absolute Gasteiger partial charge is 0.250 e. The van der Waals surface area contributed by atoms with E-state index >= 15 is 0 Å². The maximum atomic E-state index is 11.2. The third-order valence-electron chi connectivity index (χ3n) is 6.50. The first-order valence-corrected chi connectivity index (χ1v) is 13.1. The van der Waals surface area contributed by atoms with E-state index in [1.54, 1.807) is 12.1 Å². The standard InChI is InChI=1S/C31H32N4O4/c1-2-16-35(18-21-10-13-24(14-11-21)39-29-15-12-22(17-33-29)31(32)37)19-23(36)20-38-28-9-5-8-27-30(28)25-6-3-4-7-26(25)34-27/h3-15,17,23,34,36H,2,16,18-20H2,1H3,(H2,32,37)/t23-/m0/s1. The van der Waals surface area contributed by atoms with Crippen LogP contribution in [0.4, 0.5) is 0 Å². The molecule has 39 heavy (non-hydrogen) atoms. The highest BCUT2D eigenvalue weighted by molar-refractivity contribution is 6.10. The highest BCUT2D eigenvalue weighted by Gasteiger charge is 2.15. The molecule has 5 rings (SSSR count). The summed E-state index contributed by atoms with van der Waals surface area (Å²) in [6, 6.07) is 25.0. The van der Waals surface area contributed by atoms with Crippen molar-refractivity contribution in [2.75, 3.05) is 19.7 Å². The lowest BCUT2D eigenvalue weighted by molar-refractivity contribution is 0.0661. The quantitative estimate of drug-likeness (QED) is 0.205. The molecule has 5 aromatic rings. The second-order valence-electron chi connectivity index (χ2n) is 9.54. The molecular weight excluding hydrogens is 492 g/mol. The predicted octanol–water partition coefficient (Wildman–Crippen LogP) is 5.26. The Hall–Kier alpha value is -4.40. The van der Waals surface area contributed by atoms with Crippen molar-refractivity contribution in [3.8, 4) is 17.4 Å². The molecule has 0 radical (unpaired) electrons. The number of rotatable bonds is 12. The molecule has 0 aliphatic heterocycles. The van der Waals surface area contributed by atoms with Crippen LogP contribution in [0.3, 0.4) is 0 Å². The van der Waals surface area contributed by atoms with Crippen LogP contribution in [0.1, 0.15) is 29.3 Å². The first kappa shape index (κ1) is 26.2. The minimum Gasteiger partial charge on any atom is -0.490 e. The van der Waals surface area contributed by atoms with Crippen molar-refractivity contribution in [2.45, 2.75) is 26.0 Å². The van der Waals surface area contributed by atoms with Crippen molar-refractivity contribution >= 4 is 27.7 Å². The summed E-state index contributed by atoms with van der Waals surface area (Å²) >= 11 is 0. The Morgan fingerprint density at radius 3 is 2.56 bits per heavy atom. The average molecular weight is 525 g/mol. The number of carbonyl (C=O) groups is 1. The number of pyridine rings is 1. The Balaban J connectivity index is 1.18. The van der Waals surface area contributed by atoms with Gasteiger partial charge in [0.25, 0.3) is 0 Å².